The standard InChI is InChI=1S/C12H18ClNOS/c1-3-4-9(2)8-16(15)12-7-10(13)5-6-11(12)14/h5-7,9H,3-4,8,14H2,1-2H3. The Morgan fingerprint density at radius 1 is 1.50 bits per heavy atom. The third kappa shape index (κ3) is 3.80. The van der Waals surface area contributed by atoms with E-state index in [1.807, 2.05) is 0 Å². The predicted molar refractivity (Wildman–Crippen MR) is 71.2 cm³/mol. The Kier molecular flexibility index (Phi) is 5.29. The van der Waals surface area contributed by atoms with Crippen molar-refractivity contribution in [3.05, 3.63) is 23.2 Å². The highest BCUT2D eigenvalue weighted by Gasteiger charge is 2.12. The predicted octanol–water partition coefficient (Wildman–Crippen LogP) is 3.47. The van der Waals surface area contributed by atoms with Crippen molar-refractivity contribution in [2.24, 2.45) is 5.92 Å². The molecule has 1 aromatic rings. The fourth-order valence-electron chi connectivity index (χ4n) is 1.63. The van der Waals surface area contributed by atoms with E-state index in [0.717, 1.165) is 12.8 Å². The topological polar surface area (TPSA) is 43.1 Å². The SMILES string of the molecule is CCCC(C)CS(=O)c1cc(Cl)ccc1N. The van der Waals surface area contributed by atoms with Crippen LogP contribution in [-0.2, 0) is 10.8 Å². The lowest BCUT2D eigenvalue weighted by atomic mass is 10.1. The molecule has 2 atom stereocenters. The zero-order chi connectivity index (χ0) is 12.1. The van der Waals surface area contributed by atoms with Crippen LogP contribution < -0.4 is 5.73 Å². The smallest absolute Gasteiger partial charge is 0.0632 e. The van der Waals surface area contributed by atoms with Gasteiger partial charge in [0, 0.05) is 16.5 Å². The molecule has 0 spiro atoms. The number of anilines is 1. The molecule has 0 aliphatic heterocycles. The highest BCUT2D eigenvalue weighted by atomic mass is 35.5. The summed E-state index contributed by atoms with van der Waals surface area (Å²) < 4.78 is 12.1. The molecule has 0 aliphatic carbocycles. The fourth-order valence-corrected chi connectivity index (χ4v) is 3.32. The first-order chi connectivity index (χ1) is 7.54. The molecule has 4 heteroatoms. The molecular weight excluding hydrogens is 242 g/mol. The van der Waals surface area contributed by atoms with Crippen LogP contribution in [-0.4, -0.2) is 9.96 Å². The van der Waals surface area contributed by atoms with Gasteiger partial charge < -0.3 is 5.73 Å². The van der Waals surface area contributed by atoms with Gasteiger partial charge in [-0.15, -0.1) is 0 Å². The van der Waals surface area contributed by atoms with E-state index in [1.165, 1.54) is 0 Å². The van der Waals surface area contributed by atoms with Crippen molar-refractivity contribution in [2.75, 3.05) is 11.5 Å². The highest BCUT2D eigenvalue weighted by molar-refractivity contribution is 7.85. The first kappa shape index (κ1) is 13.5. The van der Waals surface area contributed by atoms with Gasteiger partial charge in [0.25, 0.3) is 0 Å². The summed E-state index contributed by atoms with van der Waals surface area (Å²) in [6.45, 7) is 4.25. The summed E-state index contributed by atoms with van der Waals surface area (Å²) in [5.41, 5.74) is 6.35. The second-order valence-corrected chi connectivity index (χ2v) is 5.99. The minimum atomic E-state index is -1.05. The molecular formula is C12H18ClNOS. The molecule has 2 nitrogen and oxygen atoms in total. The van der Waals surface area contributed by atoms with Crippen LogP contribution in [0.3, 0.4) is 0 Å². The summed E-state index contributed by atoms with van der Waals surface area (Å²) in [5, 5.41) is 0.584. The summed E-state index contributed by atoms with van der Waals surface area (Å²) >= 11 is 5.87. The first-order valence-electron chi connectivity index (χ1n) is 5.48. The molecule has 0 heterocycles. The van der Waals surface area contributed by atoms with E-state index in [1.54, 1.807) is 18.2 Å². The van der Waals surface area contributed by atoms with Crippen LogP contribution in [0.5, 0.6) is 0 Å². The maximum atomic E-state index is 12.1. The van der Waals surface area contributed by atoms with E-state index in [9.17, 15) is 4.21 Å². The van der Waals surface area contributed by atoms with E-state index in [-0.39, 0.29) is 0 Å². The van der Waals surface area contributed by atoms with Crippen molar-refractivity contribution in [1.82, 2.24) is 0 Å². The van der Waals surface area contributed by atoms with Crippen molar-refractivity contribution in [1.29, 1.82) is 0 Å². The fraction of sp³-hybridized carbons (Fsp3) is 0.500. The minimum absolute atomic E-state index is 0.448. The van der Waals surface area contributed by atoms with Gasteiger partial charge in [0.05, 0.1) is 15.7 Å². The van der Waals surface area contributed by atoms with Crippen LogP contribution in [0, 0.1) is 5.92 Å². The largest absolute Gasteiger partial charge is 0.398 e. The van der Waals surface area contributed by atoms with E-state index in [0.29, 0.717) is 27.3 Å². The molecule has 0 radical (unpaired) electrons. The van der Waals surface area contributed by atoms with Gasteiger partial charge in [-0.05, 0) is 24.1 Å². The lowest BCUT2D eigenvalue weighted by Crippen LogP contribution is -2.09. The van der Waals surface area contributed by atoms with Gasteiger partial charge in [0.2, 0.25) is 0 Å². The van der Waals surface area contributed by atoms with Crippen molar-refractivity contribution in [3.8, 4) is 0 Å². The van der Waals surface area contributed by atoms with Gasteiger partial charge >= 0.3 is 0 Å². The molecule has 16 heavy (non-hydrogen) atoms. The molecule has 2 N–H and O–H groups in total. The third-order valence-corrected chi connectivity index (χ3v) is 4.39. The number of hydrogen-bond acceptors (Lipinski definition) is 2. The Morgan fingerprint density at radius 3 is 2.81 bits per heavy atom. The van der Waals surface area contributed by atoms with Crippen molar-refractivity contribution in [3.63, 3.8) is 0 Å². The first-order valence-corrected chi connectivity index (χ1v) is 7.17. The van der Waals surface area contributed by atoms with Crippen LogP contribution in [0.15, 0.2) is 23.1 Å². The Labute approximate surface area is 105 Å². The molecule has 1 aromatic carbocycles. The Balaban J connectivity index is 2.76. The second-order valence-electron chi connectivity index (χ2n) is 4.09. The minimum Gasteiger partial charge on any atom is -0.398 e. The highest BCUT2D eigenvalue weighted by Crippen LogP contribution is 2.23. The van der Waals surface area contributed by atoms with Crippen molar-refractivity contribution < 1.29 is 4.21 Å². The average molecular weight is 260 g/mol. The number of hydrogen-bond donors (Lipinski definition) is 1. The van der Waals surface area contributed by atoms with Gasteiger partial charge in [0.1, 0.15) is 0 Å². The molecule has 0 fully saturated rings. The van der Waals surface area contributed by atoms with Gasteiger partial charge in [-0.2, -0.15) is 0 Å². The van der Waals surface area contributed by atoms with Crippen LogP contribution in [0.1, 0.15) is 26.7 Å². The number of rotatable bonds is 5. The van der Waals surface area contributed by atoms with E-state index in [2.05, 4.69) is 13.8 Å². The quantitative estimate of drug-likeness (QED) is 0.823. The van der Waals surface area contributed by atoms with Gasteiger partial charge in [0.15, 0.2) is 0 Å². The van der Waals surface area contributed by atoms with Crippen LogP contribution in [0.4, 0.5) is 5.69 Å². The summed E-state index contributed by atoms with van der Waals surface area (Å²) in [6.07, 6.45) is 2.20. The Hall–Kier alpha value is -0.540. The van der Waals surface area contributed by atoms with E-state index >= 15 is 0 Å². The zero-order valence-electron chi connectivity index (χ0n) is 9.70. The molecule has 0 bridgehead atoms. The maximum Gasteiger partial charge on any atom is 0.0632 e. The molecule has 2 unspecified atom stereocenters. The van der Waals surface area contributed by atoms with Crippen LogP contribution in [0.2, 0.25) is 5.02 Å². The molecule has 0 aliphatic rings. The second kappa shape index (κ2) is 6.26. The van der Waals surface area contributed by atoms with Crippen molar-refractivity contribution >= 4 is 28.1 Å². The van der Waals surface area contributed by atoms with E-state index in [4.69, 9.17) is 17.3 Å². The molecule has 90 valence electrons. The molecule has 0 aromatic heterocycles. The number of nitrogen functional groups attached to an aromatic ring is 1. The Morgan fingerprint density at radius 2 is 2.19 bits per heavy atom. The summed E-state index contributed by atoms with van der Waals surface area (Å²) in [5.74, 6) is 1.10. The van der Waals surface area contributed by atoms with Gasteiger partial charge in [-0.25, -0.2) is 0 Å². The monoisotopic (exact) mass is 259 g/mol. The van der Waals surface area contributed by atoms with Crippen LogP contribution in [0.25, 0.3) is 0 Å². The number of nitrogens with two attached hydrogens (primary N) is 1. The molecule has 0 saturated heterocycles. The molecule has 0 amide bonds. The van der Waals surface area contributed by atoms with E-state index < -0.39 is 10.8 Å². The number of halogens is 1. The summed E-state index contributed by atoms with van der Waals surface area (Å²) in [6, 6.07) is 5.12. The van der Waals surface area contributed by atoms with Gasteiger partial charge in [-0.3, -0.25) is 4.21 Å². The summed E-state index contributed by atoms with van der Waals surface area (Å²) in [4.78, 5) is 0.662. The molecule has 0 saturated carbocycles. The lowest BCUT2D eigenvalue weighted by Gasteiger charge is -2.11. The van der Waals surface area contributed by atoms with Crippen LogP contribution >= 0.6 is 11.6 Å². The zero-order valence-corrected chi connectivity index (χ0v) is 11.3. The van der Waals surface area contributed by atoms with Crippen molar-refractivity contribution in [2.45, 2.75) is 31.6 Å². The normalized spacial score (nSPS) is 14.7. The van der Waals surface area contributed by atoms with Gasteiger partial charge in [-0.1, -0.05) is 38.3 Å². The summed E-state index contributed by atoms with van der Waals surface area (Å²) in [7, 11) is -1.05. The Bertz CT molecular complexity index is 381. The maximum absolute atomic E-state index is 12.1. The average Bonchev–Trinajstić information content (AvgIpc) is 2.21. The third-order valence-electron chi connectivity index (χ3n) is 2.44. The molecule has 1 rings (SSSR count). The lowest BCUT2D eigenvalue weighted by molar-refractivity contribution is 0.574. The number of benzene rings is 1.